The number of nitrogens with two attached hydrogens (primary N) is 1. The molecule has 16 heavy (non-hydrogen) atoms. The predicted molar refractivity (Wildman–Crippen MR) is 68.8 cm³/mol. The molecule has 2 nitrogen and oxygen atoms in total. The van der Waals surface area contributed by atoms with Crippen molar-refractivity contribution in [2.75, 3.05) is 13.1 Å². The second-order valence-electron chi connectivity index (χ2n) is 3.77. The third-order valence-corrected chi connectivity index (χ3v) is 2.40. The quantitative estimate of drug-likeness (QED) is 0.774. The van der Waals surface area contributed by atoms with Crippen LogP contribution in [0.5, 0.6) is 0 Å². The number of hydrogen-bond donors (Lipinski definition) is 1. The van der Waals surface area contributed by atoms with Gasteiger partial charge in [-0.15, -0.1) is 0 Å². The summed E-state index contributed by atoms with van der Waals surface area (Å²) in [4.78, 5) is 2.51. The Kier molecular flexibility index (Phi) is 5.35. The molecular formula is C12H17FN2S. The summed E-state index contributed by atoms with van der Waals surface area (Å²) in [5.41, 5.74) is 6.20. The molecule has 2 N–H and O–H groups in total. The average molecular weight is 240 g/mol. The van der Waals surface area contributed by atoms with Gasteiger partial charge < -0.3 is 5.73 Å². The van der Waals surface area contributed by atoms with Crippen molar-refractivity contribution in [2.24, 2.45) is 5.73 Å². The molecule has 1 aromatic rings. The Balaban J connectivity index is 2.67. The first-order valence-corrected chi connectivity index (χ1v) is 5.78. The van der Waals surface area contributed by atoms with E-state index in [4.69, 9.17) is 18.0 Å². The zero-order valence-electron chi connectivity index (χ0n) is 9.45. The Morgan fingerprint density at radius 2 is 2.12 bits per heavy atom. The molecule has 0 atom stereocenters. The lowest BCUT2D eigenvalue weighted by atomic mass is 10.2. The van der Waals surface area contributed by atoms with Crippen molar-refractivity contribution >= 4 is 17.2 Å². The molecule has 0 radical (unpaired) electrons. The van der Waals surface area contributed by atoms with Crippen molar-refractivity contribution in [1.82, 2.24) is 4.90 Å². The van der Waals surface area contributed by atoms with Gasteiger partial charge in [-0.2, -0.15) is 0 Å². The van der Waals surface area contributed by atoms with Crippen molar-refractivity contribution < 1.29 is 4.39 Å². The van der Waals surface area contributed by atoms with Gasteiger partial charge >= 0.3 is 0 Å². The van der Waals surface area contributed by atoms with Gasteiger partial charge in [0.05, 0.1) is 4.99 Å². The third kappa shape index (κ3) is 4.24. The Morgan fingerprint density at radius 3 is 2.69 bits per heavy atom. The fourth-order valence-corrected chi connectivity index (χ4v) is 1.80. The molecule has 0 aliphatic heterocycles. The minimum absolute atomic E-state index is 0.174. The molecule has 1 aromatic carbocycles. The minimum atomic E-state index is -0.174. The Morgan fingerprint density at radius 1 is 1.44 bits per heavy atom. The monoisotopic (exact) mass is 240 g/mol. The molecule has 0 aliphatic rings. The minimum Gasteiger partial charge on any atom is -0.392 e. The van der Waals surface area contributed by atoms with E-state index in [9.17, 15) is 4.39 Å². The first-order valence-electron chi connectivity index (χ1n) is 5.37. The Hall–Kier alpha value is -1.00. The first-order chi connectivity index (χ1) is 7.63. The van der Waals surface area contributed by atoms with Gasteiger partial charge in [-0.05, 0) is 19.0 Å². The third-order valence-electron chi connectivity index (χ3n) is 2.27. The molecular weight excluding hydrogens is 223 g/mol. The van der Waals surface area contributed by atoms with Crippen LogP contribution in [0.15, 0.2) is 24.3 Å². The summed E-state index contributed by atoms with van der Waals surface area (Å²) in [7, 11) is 0. The number of rotatable bonds is 6. The maximum atomic E-state index is 13.4. The van der Waals surface area contributed by atoms with E-state index in [1.54, 1.807) is 12.1 Å². The predicted octanol–water partition coefficient (Wildman–Crippen LogP) is 2.32. The summed E-state index contributed by atoms with van der Waals surface area (Å²) < 4.78 is 13.4. The highest BCUT2D eigenvalue weighted by atomic mass is 32.1. The fraction of sp³-hybridized carbons (Fsp3) is 0.417. The number of benzene rings is 1. The lowest BCUT2D eigenvalue weighted by Gasteiger charge is -2.21. The molecule has 0 spiro atoms. The molecule has 0 unspecified atom stereocenters. The SMILES string of the molecule is CCCN(CC(N)=S)Cc1ccccc1F. The van der Waals surface area contributed by atoms with Crippen LogP contribution in [0.3, 0.4) is 0 Å². The number of hydrogen-bond acceptors (Lipinski definition) is 2. The van der Waals surface area contributed by atoms with E-state index in [2.05, 4.69) is 11.8 Å². The molecule has 0 aromatic heterocycles. The standard InChI is InChI=1S/C12H17FN2S/c1-2-7-15(9-12(14)16)8-10-5-3-4-6-11(10)13/h3-6H,2,7-9H2,1H3,(H2,14,16). The van der Waals surface area contributed by atoms with E-state index in [1.807, 2.05) is 6.07 Å². The van der Waals surface area contributed by atoms with Crippen molar-refractivity contribution in [3.63, 3.8) is 0 Å². The fourth-order valence-electron chi connectivity index (χ4n) is 1.62. The van der Waals surface area contributed by atoms with E-state index < -0.39 is 0 Å². The Labute approximate surface area is 101 Å². The van der Waals surface area contributed by atoms with Crippen LogP contribution in [0.25, 0.3) is 0 Å². The number of halogens is 1. The second kappa shape index (κ2) is 6.55. The van der Waals surface area contributed by atoms with Crippen LogP contribution in [0.2, 0.25) is 0 Å². The van der Waals surface area contributed by atoms with Gasteiger partial charge in [0, 0.05) is 18.7 Å². The van der Waals surface area contributed by atoms with Gasteiger partial charge in [0.25, 0.3) is 0 Å². The largest absolute Gasteiger partial charge is 0.392 e. The normalized spacial score (nSPS) is 10.7. The molecule has 1 rings (SSSR count). The number of thiocarbonyl (C=S) groups is 1. The van der Waals surface area contributed by atoms with Gasteiger partial charge in [-0.25, -0.2) is 4.39 Å². The smallest absolute Gasteiger partial charge is 0.127 e. The molecule has 0 heterocycles. The highest BCUT2D eigenvalue weighted by Crippen LogP contribution is 2.10. The lowest BCUT2D eigenvalue weighted by Crippen LogP contribution is -2.33. The molecule has 0 saturated carbocycles. The van der Waals surface area contributed by atoms with Gasteiger partial charge in [-0.1, -0.05) is 37.3 Å². The summed E-state index contributed by atoms with van der Waals surface area (Å²) in [5.74, 6) is -0.174. The second-order valence-corrected chi connectivity index (χ2v) is 4.29. The molecule has 0 bridgehead atoms. The molecule has 0 aliphatic carbocycles. The molecule has 88 valence electrons. The van der Waals surface area contributed by atoms with Crippen LogP contribution in [0.1, 0.15) is 18.9 Å². The lowest BCUT2D eigenvalue weighted by molar-refractivity contribution is 0.299. The van der Waals surface area contributed by atoms with Crippen molar-refractivity contribution in [1.29, 1.82) is 0 Å². The molecule has 0 amide bonds. The topological polar surface area (TPSA) is 29.3 Å². The van der Waals surface area contributed by atoms with Crippen LogP contribution < -0.4 is 5.73 Å². The highest BCUT2D eigenvalue weighted by molar-refractivity contribution is 7.80. The molecule has 0 fully saturated rings. The van der Waals surface area contributed by atoms with Crippen molar-refractivity contribution in [3.05, 3.63) is 35.6 Å². The summed E-state index contributed by atoms with van der Waals surface area (Å²) >= 11 is 4.88. The van der Waals surface area contributed by atoms with Crippen LogP contribution >= 0.6 is 12.2 Å². The van der Waals surface area contributed by atoms with E-state index in [1.165, 1.54) is 6.07 Å². The van der Waals surface area contributed by atoms with Gasteiger partial charge in [-0.3, -0.25) is 4.90 Å². The van der Waals surface area contributed by atoms with Crippen molar-refractivity contribution in [2.45, 2.75) is 19.9 Å². The van der Waals surface area contributed by atoms with Crippen LogP contribution in [-0.4, -0.2) is 23.0 Å². The van der Waals surface area contributed by atoms with E-state index in [0.29, 0.717) is 23.6 Å². The summed E-state index contributed by atoms with van der Waals surface area (Å²) in [5, 5.41) is 0. The van der Waals surface area contributed by atoms with Crippen LogP contribution in [0.4, 0.5) is 4.39 Å². The van der Waals surface area contributed by atoms with Crippen LogP contribution in [0, 0.1) is 5.82 Å². The zero-order valence-corrected chi connectivity index (χ0v) is 10.3. The number of nitrogens with zero attached hydrogens (tertiary/aromatic N) is 1. The van der Waals surface area contributed by atoms with Gasteiger partial charge in [0.2, 0.25) is 0 Å². The summed E-state index contributed by atoms with van der Waals surface area (Å²) in [6.07, 6.45) is 0.997. The van der Waals surface area contributed by atoms with Gasteiger partial charge in [0.1, 0.15) is 5.82 Å². The zero-order chi connectivity index (χ0) is 12.0. The van der Waals surface area contributed by atoms with Gasteiger partial charge in [0.15, 0.2) is 0 Å². The van der Waals surface area contributed by atoms with Crippen molar-refractivity contribution in [3.8, 4) is 0 Å². The maximum Gasteiger partial charge on any atom is 0.127 e. The summed E-state index contributed by atoms with van der Waals surface area (Å²) in [6, 6.07) is 6.79. The molecule has 0 saturated heterocycles. The Bertz CT molecular complexity index is 355. The van der Waals surface area contributed by atoms with E-state index in [-0.39, 0.29) is 5.82 Å². The maximum absolute atomic E-state index is 13.4. The summed E-state index contributed by atoms with van der Waals surface area (Å²) in [6.45, 7) is 4.04. The van der Waals surface area contributed by atoms with E-state index >= 15 is 0 Å². The van der Waals surface area contributed by atoms with E-state index in [0.717, 1.165) is 13.0 Å². The first kappa shape index (κ1) is 13.1. The highest BCUT2D eigenvalue weighted by Gasteiger charge is 2.08. The average Bonchev–Trinajstić information content (AvgIpc) is 2.21. The molecule has 4 heteroatoms. The van der Waals surface area contributed by atoms with Crippen LogP contribution in [-0.2, 0) is 6.54 Å².